The third kappa shape index (κ3) is 6.21. The Morgan fingerprint density at radius 3 is 2.46 bits per heavy atom. The molecule has 0 aromatic carbocycles. The first kappa shape index (κ1) is 25.9. The minimum atomic E-state index is 0.267. The summed E-state index contributed by atoms with van der Waals surface area (Å²) in [6.45, 7) is 8.55. The van der Waals surface area contributed by atoms with Crippen LogP contribution in [0.4, 0.5) is 0 Å². The average molecular weight is 491 g/mol. The maximum Gasteiger partial charge on any atom is 0.219 e. The van der Waals surface area contributed by atoms with Crippen molar-refractivity contribution < 1.29 is 9.53 Å². The number of ether oxygens (including phenoxy) is 1. The summed E-state index contributed by atoms with van der Waals surface area (Å²) in [7, 11) is 4.13. The van der Waals surface area contributed by atoms with Gasteiger partial charge in [-0.1, -0.05) is 0 Å². The maximum absolute atomic E-state index is 11.9. The van der Waals surface area contributed by atoms with Gasteiger partial charge in [0, 0.05) is 77.0 Å². The van der Waals surface area contributed by atoms with Crippen molar-refractivity contribution in [2.24, 2.45) is 5.92 Å². The molecule has 200 valence electrons. The molecule has 3 saturated heterocycles. The largest absolute Gasteiger partial charge is 0.380 e. The monoisotopic (exact) mass is 490 g/mol. The number of methoxy groups -OCH3 is 1. The van der Waals surface area contributed by atoms with Crippen LogP contribution in [0.25, 0.3) is 0 Å². The van der Waals surface area contributed by atoms with E-state index in [1.165, 1.54) is 71.1 Å². The molecule has 2 saturated carbocycles. The minimum absolute atomic E-state index is 0.267. The predicted octanol–water partition coefficient (Wildman–Crippen LogP) is 1.22. The quantitative estimate of drug-likeness (QED) is 0.517. The third-order valence-electron chi connectivity index (χ3n) is 9.90. The number of carbonyl (C=O) groups excluding carboxylic acids is 1. The lowest BCUT2D eigenvalue weighted by Crippen LogP contribution is -2.61. The van der Waals surface area contributed by atoms with Crippen LogP contribution in [-0.2, 0) is 9.53 Å². The molecule has 3 N–H and O–H groups in total. The van der Waals surface area contributed by atoms with Crippen LogP contribution in [0.1, 0.15) is 64.7 Å². The van der Waals surface area contributed by atoms with Gasteiger partial charge in [-0.05, 0) is 77.3 Å². The Labute approximate surface area is 212 Å². The minimum Gasteiger partial charge on any atom is -0.380 e. The van der Waals surface area contributed by atoms with Crippen LogP contribution < -0.4 is 16.0 Å². The van der Waals surface area contributed by atoms with Gasteiger partial charge in [0.2, 0.25) is 5.91 Å². The van der Waals surface area contributed by atoms with E-state index in [1.54, 1.807) is 6.92 Å². The first-order valence-corrected chi connectivity index (χ1v) is 14.5. The fourth-order valence-electron chi connectivity index (χ4n) is 7.85. The Hall–Kier alpha value is -0.770. The summed E-state index contributed by atoms with van der Waals surface area (Å²) in [5.74, 6) is 0.960. The molecule has 8 atom stereocenters. The van der Waals surface area contributed by atoms with E-state index in [2.05, 4.69) is 37.7 Å². The lowest BCUT2D eigenvalue weighted by molar-refractivity contribution is -0.130. The van der Waals surface area contributed by atoms with Crippen molar-refractivity contribution in [3.05, 3.63) is 0 Å². The summed E-state index contributed by atoms with van der Waals surface area (Å²) in [4.78, 5) is 19.2. The lowest BCUT2D eigenvalue weighted by atomic mass is 9.81. The molecular weight excluding hydrogens is 440 g/mol. The van der Waals surface area contributed by atoms with E-state index in [-0.39, 0.29) is 5.91 Å². The standard InChI is InChI=1S/C27H50N6O2/c1-19(34)33-11-9-20-16-21(4-7-25(20)33)29-22-8-10-28-27(17-22)30-24-6-5-23(18-26(24)35-3)32-14-12-31(2)13-15-32/h20-30H,4-18H2,1-3H3. The van der Waals surface area contributed by atoms with Gasteiger partial charge in [-0.15, -0.1) is 0 Å². The number of hydrogen-bond donors (Lipinski definition) is 3. The van der Waals surface area contributed by atoms with Gasteiger partial charge >= 0.3 is 0 Å². The van der Waals surface area contributed by atoms with Crippen LogP contribution in [0, 0.1) is 5.92 Å². The lowest BCUT2D eigenvalue weighted by Gasteiger charge is -2.45. The zero-order chi connectivity index (χ0) is 24.4. The van der Waals surface area contributed by atoms with Gasteiger partial charge in [0.15, 0.2) is 0 Å². The van der Waals surface area contributed by atoms with E-state index < -0.39 is 0 Å². The number of hydrogen-bond acceptors (Lipinski definition) is 7. The smallest absolute Gasteiger partial charge is 0.219 e. The Morgan fingerprint density at radius 2 is 1.69 bits per heavy atom. The third-order valence-corrected chi connectivity index (χ3v) is 9.90. The van der Waals surface area contributed by atoms with Gasteiger partial charge in [-0.2, -0.15) is 0 Å². The number of amides is 1. The van der Waals surface area contributed by atoms with Gasteiger partial charge < -0.3 is 25.2 Å². The molecule has 35 heavy (non-hydrogen) atoms. The van der Waals surface area contributed by atoms with E-state index in [0.29, 0.717) is 48.4 Å². The number of likely N-dealkylation sites (N-methyl/N-ethyl adjacent to an activating group) is 1. The van der Waals surface area contributed by atoms with Crippen molar-refractivity contribution in [3.63, 3.8) is 0 Å². The van der Waals surface area contributed by atoms with Crippen molar-refractivity contribution in [1.82, 2.24) is 30.7 Å². The molecule has 0 aromatic heterocycles. The highest BCUT2D eigenvalue weighted by molar-refractivity contribution is 5.74. The number of carbonyl (C=O) groups is 1. The van der Waals surface area contributed by atoms with E-state index in [0.717, 1.165) is 25.9 Å². The van der Waals surface area contributed by atoms with Crippen LogP contribution >= 0.6 is 0 Å². The Bertz CT molecular complexity index is 701. The molecule has 1 amide bonds. The zero-order valence-electron chi connectivity index (χ0n) is 22.4. The van der Waals surface area contributed by atoms with E-state index in [1.807, 2.05) is 7.11 Å². The number of piperazine rings is 1. The molecular formula is C27H50N6O2. The van der Waals surface area contributed by atoms with Crippen LogP contribution in [0.5, 0.6) is 0 Å². The van der Waals surface area contributed by atoms with E-state index in [4.69, 9.17) is 4.74 Å². The molecule has 0 aromatic rings. The van der Waals surface area contributed by atoms with Crippen LogP contribution in [0.2, 0.25) is 0 Å². The first-order valence-electron chi connectivity index (χ1n) is 14.5. The molecule has 5 aliphatic rings. The second kappa shape index (κ2) is 11.7. The van der Waals surface area contributed by atoms with E-state index in [9.17, 15) is 4.79 Å². The molecule has 0 spiro atoms. The molecule has 8 nitrogen and oxygen atoms in total. The Kier molecular flexibility index (Phi) is 8.67. The zero-order valence-corrected chi connectivity index (χ0v) is 22.4. The molecule has 8 heteroatoms. The van der Waals surface area contributed by atoms with Gasteiger partial charge in [0.25, 0.3) is 0 Å². The predicted molar refractivity (Wildman–Crippen MR) is 139 cm³/mol. The Morgan fingerprint density at radius 1 is 0.886 bits per heavy atom. The van der Waals surface area contributed by atoms with Gasteiger partial charge in [-0.25, -0.2) is 0 Å². The summed E-state index contributed by atoms with van der Waals surface area (Å²) in [6.07, 6.45) is 11.4. The average Bonchev–Trinajstić information content (AvgIpc) is 3.29. The Balaban J connectivity index is 1.08. The van der Waals surface area contributed by atoms with Crippen molar-refractivity contribution >= 4 is 5.91 Å². The van der Waals surface area contributed by atoms with E-state index >= 15 is 0 Å². The molecule has 3 aliphatic heterocycles. The first-order chi connectivity index (χ1) is 17.0. The maximum atomic E-state index is 11.9. The normalized spacial score (nSPS) is 41.6. The van der Waals surface area contributed by atoms with Crippen LogP contribution in [0.3, 0.4) is 0 Å². The second-order valence-corrected chi connectivity index (χ2v) is 12.1. The van der Waals surface area contributed by atoms with Gasteiger partial charge in [0.1, 0.15) is 0 Å². The summed E-state index contributed by atoms with van der Waals surface area (Å²) in [6, 6.07) is 2.79. The number of piperidine rings is 1. The highest BCUT2D eigenvalue weighted by atomic mass is 16.5. The fourth-order valence-corrected chi connectivity index (χ4v) is 7.85. The fraction of sp³-hybridized carbons (Fsp3) is 0.963. The molecule has 0 bridgehead atoms. The van der Waals surface area contributed by atoms with Gasteiger partial charge in [-0.3, -0.25) is 15.0 Å². The number of rotatable bonds is 6. The number of fused-ring (bicyclic) bond motifs is 1. The molecule has 8 unspecified atom stereocenters. The van der Waals surface area contributed by atoms with Crippen molar-refractivity contribution in [3.8, 4) is 0 Å². The SMILES string of the molecule is COC1CC(N2CCN(C)CC2)CCC1NC1CC(NC2CCC3C(CCN3C(C)=O)C2)CCN1. The van der Waals surface area contributed by atoms with Crippen molar-refractivity contribution in [2.75, 3.05) is 53.4 Å². The van der Waals surface area contributed by atoms with Crippen LogP contribution in [0.15, 0.2) is 0 Å². The number of nitrogens with zero attached hydrogens (tertiary/aromatic N) is 3. The molecule has 5 fully saturated rings. The molecule has 5 rings (SSSR count). The highest BCUT2D eigenvalue weighted by Gasteiger charge is 2.41. The van der Waals surface area contributed by atoms with Crippen molar-refractivity contribution in [1.29, 1.82) is 0 Å². The highest BCUT2D eigenvalue weighted by Crippen LogP contribution is 2.37. The molecule has 0 radical (unpaired) electrons. The summed E-state index contributed by atoms with van der Waals surface area (Å²) >= 11 is 0. The second-order valence-electron chi connectivity index (χ2n) is 12.1. The summed E-state index contributed by atoms with van der Waals surface area (Å²) < 4.78 is 6.03. The molecule has 3 heterocycles. The number of likely N-dealkylation sites (tertiary alicyclic amines) is 1. The van der Waals surface area contributed by atoms with Crippen LogP contribution in [-0.4, -0.2) is 117 Å². The topological polar surface area (TPSA) is 72.1 Å². The summed E-state index contributed by atoms with van der Waals surface area (Å²) in [5.41, 5.74) is 0. The number of nitrogens with one attached hydrogen (secondary N) is 3. The van der Waals surface area contributed by atoms with Gasteiger partial charge in [0.05, 0.1) is 12.3 Å². The van der Waals surface area contributed by atoms with Crippen molar-refractivity contribution in [2.45, 2.75) is 107 Å². The summed E-state index contributed by atoms with van der Waals surface area (Å²) in [5, 5.41) is 11.7. The molecule has 2 aliphatic carbocycles.